The Morgan fingerprint density at radius 3 is 2.45 bits per heavy atom. The van der Waals surface area contributed by atoms with E-state index in [-0.39, 0.29) is 47.5 Å². The second-order valence-corrected chi connectivity index (χ2v) is 8.75. The molecule has 0 radical (unpaired) electrons. The van der Waals surface area contributed by atoms with Crippen LogP contribution in [0.15, 0.2) is 0 Å². The fraction of sp³-hybridized carbons (Fsp3) is 0.929. The predicted molar refractivity (Wildman–Crippen MR) is 78.9 cm³/mol. The minimum atomic E-state index is -2.97. The first-order valence-electron chi connectivity index (χ1n) is 7.55. The number of sulfone groups is 1. The molecule has 0 aromatic carbocycles. The van der Waals surface area contributed by atoms with E-state index in [2.05, 4.69) is 33.0 Å². The Morgan fingerprint density at radius 1 is 1.35 bits per heavy atom. The van der Waals surface area contributed by atoms with Gasteiger partial charge in [0.05, 0.1) is 23.7 Å². The van der Waals surface area contributed by atoms with Crippen molar-refractivity contribution in [3.63, 3.8) is 0 Å². The van der Waals surface area contributed by atoms with Crippen LogP contribution in [0.4, 0.5) is 0 Å². The van der Waals surface area contributed by atoms with Crippen LogP contribution in [-0.2, 0) is 14.6 Å². The normalized spacial score (nSPS) is 35.0. The fourth-order valence-electron chi connectivity index (χ4n) is 3.19. The van der Waals surface area contributed by atoms with E-state index in [1.54, 1.807) is 0 Å². The van der Waals surface area contributed by atoms with Crippen LogP contribution >= 0.6 is 0 Å². The van der Waals surface area contributed by atoms with Crippen molar-refractivity contribution in [2.75, 3.05) is 11.5 Å². The molecule has 116 valence electrons. The van der Waals surface area contributed by atoms with E-state index in [1.165, 1.54) is 0 Å². The topological polar surface area (TPSA) is 66.5 Å². The van der Waals surface area contributed by atoms with E-state index in [1.807, 2.05) is 4.90 Å². The van der Waals surface area contributed by atoms with Crippen LogP contribution in [0.3, 0.4) is 0 Å². The van der Waals surface area contributed by atoms with E-state index in [0.29, 0.717) is 6.42 Å². The Bertz CT molecular complexity index is 475. The third kappa shape index (κ3) is 2.86. The molecule has 20 heavy (non-hydrogen) atoms. The molecule has 5 nitrogen and oxygen atoms in total. The zero-order chi connectivity index (χ0) is 15.1. The maximum absolute atomic E-state index is 12.7. The average molecular weight is 302 g/mol. The molecule has 6 heteroatoms. The van der Waals surface area contributed by atoms with Crippen LogP contribution < -0.4 is 5.32 Å². The molecule has 0 bridgehead atoms. The number of hydrogen-bond donors (Lipinski definition) is 1. The van der Waals surface area contributed by atoms with Gasteiger partial charge in [-0.25, -0.2) is 8.42 Å². The van der Waals surface area contributed by atoms with E-state index < -0.39 is 9.84 Å². The van der Waals surface area contributed by atoms with E-state index in [0.717, 1.165) is 6.42 Å². The SMILES string of the molecule is CCC(C)C1NC(C(C)C)N(C2CCS(=O)(=O)C2)C1=O. The van der Waals surface area contributed by atoms with Crippen LogP contribution in [0.25, 0.3) is 0 Å². The van der Waals surface area contributed by atoms with Crippen molar-refractivity contribution in [3.8, 4) is 0 Å². The average Bonchev–Trinajstić information content (AvgIpc) is 2.88. The number of hydrogen-bond acceptors (Lipinski definition) is 4. The van der Waals surface area contributed by atoms with Gasteiger partial charge in [0.25, 0.3) is 0 Å². The smallest absolute Gasteiger partial charge is 0.241 e. The molecule has 2 aliphatic rings. The van der Waals surface area contributed by atoms with E-state index in [9.17, 15) is 13.2 Å². The maximum atomic E-state index is 12.7. The Balaban J connectivity index is 2.22. The number of nitrogens with zero attached hydrogens (tertiary/aromatic N) is 1. The van der Waals surface area contributed by atoms with E-state index in [4.69, 9.17) is 0 Å². The molecule has 2 aliphatic heterocycles. The Hall–Kier alpha value is -0.620. The molecule has 0 aliphatic carbocycles. The van der Waals surface area contributed by atoms with Crippen molar-refractivity contribution >= 4 is 15.7 Å². The van der Waals surface area contributed by atoms with Gasteiger partial charge in [-0.2, -0.15) is 0 Å². The molecule has 2 heterocycles. The number of carbonyl (C=O) groups excluding carboxylic acids is 1. The highest BCUT2D eigenvalue weighted by atomic mass is 32.2. The summed E-state index contributed by atoms with van der Waals surface area (Å²) in [6.45, 7) is 8.29. The number of carbonyl (C=O) groups is 1. The number of amides is 1. The highest BCUT2D eigenvalue weighted by Crippen LogP contribution is 2.29. The summed E-state index contributed by atoms with van der Waals surface area (Å²) in [5, 5.41) is 3.43. The van der Waals surface area contributed by atoms with Crippen molar-refractivity contribution in [1.82, 2.24) is 10.2 Å². The lowest BCUT2D eigenvalue weighted by molar-refractivity contribution is -0.133. The fourth-order valence-corrected chi connectivity index (χ4v) is 4.90. The molecule has 0 spiro atoms. The van der Waals surface area contributed by atoms with Crippen LogP contribution in [0, 0.1) is 11.8 Å². The lowest BCUT2D eigenvalue weighted by Crippen LogP contribution is -2.47. The molecule has 0 saturated carbocycles. The largest absolute Gasteiger partial charge is 0.321 e. The van der Waals surface area contributed by atoms with Gasteiger partial charge >= 0.3 is 0 Å². The summed E-state index contributed by atoms with van der Waals surface area (Å²) < 4.78 is 23.4. The third-order valence-electron chi connectivity index (χ3n) is 4.62. The molecule has 4 unspecified atom stereocenters. The van der Waals surface area contributed by atoms with Gasteiger partial charge in [0.2, 0.25) is 5.91 Å². The maximum Gasteiger partial charge on any atom is 0.241 e. The lowest BCUT2D eigenvalue weighted by Gasteiger charge is -2.31. The molecular weight excluding hydrogens is 276 g/mol. The monoisotopic (exact) mass is 302 g/mol. The van der Waals surface area contributed by atoms with Gasteiger partial charge in [0, 0.05) is 6.04 Å². The van der Waals surface area contributed by atoms with Gasteiger partial charge in [0.15, 0.2) is 9.84 Å². The van der Waals surface area contributed by atoms with Gasteiger partial charge in [-0.05, 0) is 18.3 Å². The van der Waals surface area contributed by atoms with Crippen molar-refractivity contribution in [1.29, 1.82) is 0 Å². The second-order valence-electron chi connectivity index (χ2n) is 6.52. The zero-order valence-corrected chi connectivity index (χ0v) is 13.6. The van der Waals surface area contributed by atoms with Gasteiger partial charge < -0.3 is 4.90 Å². The standard InChI is InChI=1S/C14H26N2O3S/c1-5-10(4)12-14(17)16(13(15-12)9(2)3)11-6-7-20(18,19)8-11/h9-13,15H,5-8H2,1-4H3. The first-order valence-corrected chi connectivity index (χ1v) is 9.37. The first kappa shape index (κ1) is 15.8. The Labute approximate surface area is 122 Å². The first-order chi connectivity index (χ1) is 9.26. The molecule has 2 saturated heterocycles. The quantitative estimate of drug-likeness (QED) is 0.841. The van der Waals surface area contributed by atoms with Crippen LogP contribution in [-0.4, -0.2) is 49.0 Å². The number of rotatable bonds is 4. The molecule has 2 fully saturated rings. The summed E-state index contributed by atoms with van der Waals surface area (Å²) in [6.07, 6.45) is 1.47. The van der Waals surface area contributed by atoms with Crippen molar-refractivity contribution in [3.05, 3.63) is 0 Å². The van der Waals surface area contributed by atoms with Crippen molar-refractivity contribution in [2.45, 2.75) is 58.8 Å². The highest BCUT2D eigenvalue weighted by molar-refractivity contribution is 7.91. The molecule has 0 aromatic heterocycles. The second kappa shape index (κ2) is 5.64. The summed E-state index contributed by atoms with van der Waals surface area (Å²) in [6, 6.07) is -0.322. The van der Waals surface area contributed by atoms with Gasteiger partial charge in [-0.1, -0.05) is 34.1 Å². The van der Waals surface area contributed by atoms with Crippen LogP contribution in [0.5, 0.6) is 0 Å². The summed E-state index contributed by atoms with van der Waals surface area (Å²) in [4.78, 5) is 14.5. The van der Waals surface area contributed by atoms with Crippen LogP contribution in [0.2, 0.25) is 0 Å². The zero-order valence-electron chi connectivity index (χ0n) is 12.8. The summed E-state index contributed by atoms with van der Waals surface area (Å²) in [5.41, 5.74) is 0. The predicted octanol–water partition coefficient (Wildman–Crippen LogP) is 1.00. The Kier molecular flexibility index (Phi) is 4.44. The summed E-state index contributed by atoms with van der Waals surface area (Å²) in [7, 11) is -2.97. The van der Waals surface area contributed by atoms with Crippen molar-refractivity contribution in [2.24, 2.45) is 11.8 Å². The van der Waals surface area contributed by atoms with E-state index >= 15 is 0 Å². The summed E-state index contributed by atoms with van der Waals surface area (Å²) >= 11 is 0. The molecule has 2 rings (SSSR count). The summed E-state index contributed by atoms with van der Waals surface area (Å²) in [5.74, 6) is 0.958. The third-order valence-corrected chi connectivity index (χ3v) is 6.37. The molecule has 4 atom stereocenters. The Morgan fingerprint density at radius 2 is 2.00 bits per heavy atom. The van der Waals surface area contributed by atoms with Gasteiger partial charge in [-0.3, -0.25) is 10.1 Å². The van der Waals surface area contributed by atoms with Gasteiger partial charge in [0.1, 0.15) is 0 Å². The lowest BCUT2D eigenvalue weighted by atomic mass is 9.99. The van der Waals surface area contributed by atoms with Gasteiger partial charge in [-0.15, -0.1) is 0 Å². The minimum absolute atomic E-state index is 0.0419. The molecule has 1 amide bonds. The molecule has 0 aromatic rings. The molecule has 1 N–H and O–H groups in total. The van der Waals surface area contributed by atoms with Crippen molar-refractivity contribution < 1.29 is 13.2 Å². The minimum Gasteiger partial charge on any atom is -0.321 e. The van der Waals surface area contributed by atoms with Crippen LogP contribution in [0.1, 0.15) is 40.5 Å². The number of nitrogens with one attached hydrogen (secondary N) is 1. The molecular formula is C14H26N2O3S. The highest BCUT2D eigenvalue weighted by Gasteiger charge is 2.47.